The van der Waals surface area contributed by atoms with E-state index in [4.69, 9.17) is 11.6 Å². The van der Waals surface area contributed by atoms with Crippen LogP contribution in [0.25, 0.3) is 6.08 Å². The minimum absolute atomic E-state index is 0.0333. The van der Waals surface area contributed by atoms with Gasteiger partial charge in [0.25, 0.3) is 11.8 Å². The summed E-state index contributed by atoms with van der Waals surface area (Å²) in [6.07, 6.45) is -3.01. The van der Waals surface area contributed by atoms with E-state index in [2.05, 4.69) is 16.0 Å². The van der Waals surface area contributed by atoms with Crippen molar-refractivity contribution in [1.82, 2.24) is 5.32 Å². The molecular formula is C38H29ClF3N3O3S. The Morgan fingerprint density at radius 3 is 2.06 bits per heavy atom. The molecule has 3 amide bonds. The minimum atomic E-state index is -4.61. The second kappa shape index (κ2) is 15.7. The Morgan fingerprint density at radius 2 is 1.41 bits per heavy atom. The van der Waals surface area contributed by atoms with Gasteiger partial charge in [-0.2, -0.15) is 13.2 Å². The molecule has 1 unspecified atom stereocenters. The fourth-order valence-corrected chi connectivity index (χ4v) is 5.88. The van der Waals surface area contributed by atoms with E-state index >= 15 is 0 Å². The van der Waals surface area contributed by atoms with E-state index in [0.29, 0.717) is 21.7 Å². The van der Waals surface area contributed by atoms with Gasteiger partial charge in [-0.1, -0.05) is 84.4 Å². The third kappa shape index (κ3) is 9.40. The molecule has 0 bridgehead atoms. The molecule has 0 heterocycles. The van der Waals surface area contributed by atoms with E-state index in [0.717, 1.165) is 29.3 Å². The van der Waals surface area contributed by atoms with Gasteiger partial charge >= 0.3 is 6.18 Å². The van der Waals surface area contributed by atoms with Crippen molar-refractivity contribution in [3.05, 3.63) is 166 Å². The zero-order valence-electron chi connectivity index (χ0n) is 25.9. The SMILES string of the molecule is Cc1ccccc1/C=C(\NC(=O)c1ccccc1)C(=O)Nc1ccc(SC(C(=O)Nc2cc(C(F)(F)F)ccc2Cl)c2ccccc2)cc1. The normalized spacial score (nSPS) is 12.1. The number of halogens is 4. The lowest BCUT2D eigenvalue weighted by atomic mass is 10.1. The lowest BCUT2D eigenvalue weighted by Crippen LogP contribution is -2.30. The minimum Gasteiger partial charge on any atom is -0.323 e. The molecule has 0 aliphatic rings. The summed E-state index contributed by atoms with van der Waals surface area (Å²) < 4.78 is 40.0. The van der Waals surface area contributed by atoms with E-state index < -0.39 is 34.7 Å². The van der Waals surface area contributed by atoms with Crippen LogP contribution in [0.15, 0.2) is 138 Å². The quantitative estimate of drug-likeness (QED) is 0.100. The third-order valence-electron chi connectivity index (χ3n) is 7.28. The molecule has 0 saturated heterocycles. The van der Waals surface area contributed by atoms with Crippen LogP contribution in [-0.2, 0) is 15.8 Å². The number of benzene rings is 5. The maximum atomic E-state index is 13.5. The van der Waals surface area contributed by atoms with Gasteiger partial charge in [0.05, 0.1) is 16.3 Å². The van der Waals surface area contributed by atoms with Crippen LogP contribution < -0.4 is 16.0 Å². The number of nitrogens with one attached hydrogen (secondary N) is 3. The van der Waals surface area contributed by atoms with Crippen molar-refractivity contribution in [3.63, 3.8) is 0 Å². The molecule has 0 saturated carbocycles. The van der Waals surface area contributed by atoms with Crippen LogP contribution in [0, 0.1) is 6.92 Å². The number of carbonyl (C=O) groups excluding carboxylic acids is 3. The molecule has 0 spiro atoms. The first-order valence-electron chi connectivity index (χ1n) is 14.9. The zero-order chi connectivity index (χ0) is 35.0. The summed E-state index contributed by atoms with van der Waals surface area (Å²) in [5.41, 5.74) is 2.04. The molecule has 5 aromatic rings. The molecule has 3 N–H and O–H groups in total. The molecule has 0 aliphatic carbocycles. The van der Waals surface area contributed by atoms with Gasteiger partial charge in [0.2, 0.25) is 5.91 Å². The highest BCUT2D eigenvalue weighted by Crippen LogP contribution is 2.39. The summed E-state index contributed by atoms with van der Waals surface area (Å²) in [7, 11) is 0. The van der Waals surface area contributed by atoms with Crippen LogP contribution >= 0.6 is 23.4 Å². The van der Waals surface area contributed by atoms with Crippen LogP contribution in [0.5, 0.6) is 0 Å². The van der Waals surface area contributed by atoms with Crippen LogP contribution in [-0.4, -0.2) is 17.7 Å². The summed E-state index contributed by atoms with van der Waals surface area (Å²) in [6.45, 7) is 1.90. The molecule has 0 aliphatic heterocycles. The number of amides is 3. The van der Waals surface area contributed by atoms with Gasteiger partial charge in [-0.05, 0) is 84.3 Å². The number of hydrogen-bond acceptors (Lipinski definition) is 4. The molecule has 5 rings (SSSR count). The molecule has 49 heavy (non-hydrogen) atoms. The fraction of sp³-hybridized carbons (Fsp3) is 0.0789. The van der Waals surface area contributed by atoms with Crippen molar-refractivity contribution in [2.45, 2.75) is 23.2 Å². The number of alkyl halides is 3. The molecule has 6 nitrogen and oxygen atoms in total. The Labute approximate surface area is 290 Å². The van der Waals surface area contributed by atoms with E-state index in [1.54, 1.807) is 91.0 Å². The first-order chi connectivity index (χ1) is 23.5. The Hall–Kier alpha value is -5.32. The number of aryl methyl sites for hydroxylation is 1. The Balaban J connectivity index is 1.34. The topological polar surface area (TPSA) is 87.3 Å². The molecule has 0 fully saturated rings. The van der Waals surface area contributed by atoms with Crippen molar-refractivity contribution < 1.29 is 27.6 Å². The highest BCUT2D eigenvalue weighted by Gasteiger charge is 2.32. The number of hydrogen-bond donors (Lipinski definition) is 3. The van der Waals surface area contributed by atoms with Gasteiger partial charge in [0, 0.05) is 16.1 Å². The largest absolute Gasteiger partial charge is 0.416 e. The third-order valence-corrected chi connectivity index (χ3v) is 8.87. The van der Waals surface area contributed by atoms with Crippen molar-refractivity contribution in [2.75, 3.05) is 10.6 Å². The van der Waals surface area contributed by atoms with Crippen molar-refractivity contribution in [1.29, 1.82) is 0 Å². The average Bonchev–Trinajstić information content (AvgIpc) is 3.09. The highest BCUT2D eigenvalue weighted by molar-refractivity contribution is 8.00. The molecule has 11 heteroatoms. The van der Waals surface area contributed by atoms with Crippen LogP contribution in [0.1, 0.15) is 37.9 Å². The summed E-state index contributed by atoms with van der Waals surface area (Å²) >= 11 is 7.31. The maximum Gasteiger partial charge on any atom is 0.416 e. The number of rotatable bonds is 10. The van der Waals surface area contributed by atoms with Crippen molar-refractivity contribution >= 4 is 58.5 Å². The molecular weight excluding hydrogens is 671 g/mol. The van der Waals surface area contributed by atoms with Gasteiger partial charge in [0.1, 0.15) is 10.9 Å². The van der Waals surface area contributed by atoms with E-state index in [-0.39, 0.29) is 16.4 Å². The summed E-state index contributed by atoms with van der Waals surface area (Å²) in [5, 5.41) is 7.20. The lowest BCUT2D eigenvalue weighted by Gasteiger charge is -2.19. The van der Waals surface area contributed by atoms with Gasteiger partial charge < -0.3 is 16.0 Å². The van der Waals surface area contributed by atoms with Gasteiger partial charge in [-0.15, -0.1) is 11.8 Å². The molecule has 248 valence electrons. The number of thioether (sulfide) groups is 1. The summed E-state index contributed by atoms with van der Waals surface area (Å²) in [4.78, 5) is 40.6. The Bertz CT molecular complexity index is 1990. The predicted molar refractivity (Wildman–Crippen MR) is 188 cm³/mol. The van der Waals surface area contributed by atoms with Gasteiger partial charge in [-0.3, -0.25) is 14.4 Å². The number of anilines is 2. The smallest absolute Gasteiger partial charge is 0.323 e. The van der Waals surface area contributed by atoms with E-state index in [1.165, 1.54) is 11.8 Å². The predicted octanol–water partition coefficient (Wildman–Crippen LogP) is 9.55. The van der Waals surface area contributed by atoms with Crippen LogP contribution in [0.3, 0.4) is 0 Å². The first kappa shape index (κ1) is 35.0. The van der Waals surface area contributed by atoms with Crippen molar-refractivity contribution in [3.8, 4) is 0 Å². The standard InChI is InChI=1S/C38H29ClF3N3O3S/c1-24-10-8-9-15-27(24)22-33(45-35(46)26-13-6-3-7-14-26)36(47)43-29-17-19-30(20-18-29)49-34(25-11-4-2-5-12-25)37(48)44-32-23-28(38(40,41)42)16-21-31(32)39/h2-23,34H,1H3,(H,43,47)(H,44,48)(H,45,46)/b33-22-. The van der Waals surface area contributed by atoms with Crippen LogP contribution in [0.4, 0.5) is 24.5 Å². The second-order valence-electron chi connectivity index (χ2n) is 10.8. The molecule has 1 atom stereocenters. The maximum absolute atomic E-state index is 13.5. The Kier molecular flexibility index (Phi) is 11.2. The monoisotopic (exact) mass is 699 g/mol. The van der Waals surface area contributed by atoms with E-state index in [1.807, 2.05) is 31.2 Å². The summed E-state index contributed by atoms with van der Waals surface area (Å²) in [6, 6.07) is 34.2. The lowest BCUT2D eigenvalue weighted by molar-refractivity contribution is -0.137. The number of carbonyl (C=O) groups is 3. The summed E-state index contributed by atoms with van der Waals surface area (Å²) in [5.74, 6) is -1.57. The molecule has 0 radical (unpaired) electrons. The van der Waals surface area contributed by atoms with Gasteiger partial charge in [0.15, 0.2) is 0 Å². The first-order valence-corrected chi connectivity index (χ1v) is 16.2. The van der Waals surface area contributed by atoms with E-state index in [9.17, 15) is 27.6 Å². The van der Waals surface area contributed by atoms with Crippen LogP contribution in [0.2, 0.25) is 5.02 Å². The Morgan fingerprint density at radius 1 is 0.776 bits per heavy atom. The zero-order valence-corrected chi connectivity index (χ0v) is 27.5. The molecule has 5 aromatic carbocycles. The van der Waals surface area contributed by atoms with Crippen molar-refractivity contribution in [2.24, 2.45) is 0 Å². The average molecular weight is 700 g/mol. The van der Waals surface area contributed by atoms with Gasteiger partial charge in [-0.25, -0.2) is 0 Å². The second-order valence-corrected chi connectivity index (χ2v) is 12.4. The highest BCUT2D eigenvalue weighted by atomic mass is 35.5. The molecule has 0 aromatic heterocycles. The fourth-order valence-electron chi connectivity index (χ4n) is 4.69.